The maximum absolute atomic E-state index is 11.9. The molecule has 5 nitrogen and oxygen atoms in total. The topological polar surface area (TPSA) is 92.4 Å². The first kappa shape index (κ1) is 14.4. The van der Waals surface area contributed by atoms with Gasteiger partial charge in [-0.1, -0.05) is 25.7 Å². The van der Waals surface area contributed by atoms with Crippen molar-refractivity contribution < 1.29 is 14.7 Å². The van der Waals surface area contributed by atoms with E-state index in [0.29, 0.717) is 18.0 Å². The number of benzene rings is 1. The Kier molecular flexibility index (Phi) is 4.61. The van der Waals surface area contributed by atoms with Gasteiger partial charge in [0.05, 0.1) is 11.3 Å². The molecule has 108 valence electrons. The molecular weight excluding hydrogens is 256 g/mol. The number of nitrogens with one attached hydrogen (secondary N) is 1. The number of amides is 1. The third kappa shape index (κ3) is 3.73. The Morgan fingerprint density at radius 3 is 2.65 bits per heavy atom. The number of carbonyl (C=O) groups is 2. The molecule has 2 rings (SSSR count). The minimum atomic E-state index is -1.07. The molecule has 1 saturated carbocycles. The first-order valence-corrected chi connectivity index (χ1v) is 6.99. The summed E-state index contributed by atoms with van der Waals surface area (Å²) in [6, 6.07) is 4.40. The number of hydrogen-bond donors (Lipinski definition) is 3. The normalized spacial score (nSPS) is 15.2. The number of aromatic carboxylic acids is 1. The molecule has 0 aromatic heterocycles. The maximum Gasteiger partial charge on any atom is 0.337 e. The Bertz CT molecular complexity index is 508. The van der Waals surface area contributed by atoms with Crippen LogP contribution in [0.5, 0.6) is 0 Å². The number of anilines is 2. The number of carboxylic acids is 1. The van der Waals surface area contributed by atoms with E-state index < -0.39 is 5.97 Å². The molecule has 0 radical (unpaired) electrons. The molecule has 0 saturated heterocycles. The van der Waals surface area contributed by atoms with E-state index in [2.05, 4.69) is 5.32 Å². The van der Waals surface area contributed by atoms with Crippen molar-refractivity contribution >= 4 is 23.3 Å². The molecule has 1 aliphatic carbocycles. The molecule has 0 bridgehead atoms. The van der Waals surface area contributed by atoms with E-state index >= 15 is 0 Å². The van der Waals surface area contributed by atoms with Crippen LogP contribution >= 0.6 is 0 Å². The van der Waals surface area contributed by atoms with Crippen LogP contribution in [0.15, 0.2) is 18.2 Å². The first-order valence-electron chi connectivity index (χ1n) is 6.99. The molecule has 1 fully saturated rings. The van der Waals surface area contributed by atoms with Gasteiger partial charge >= 0.3 is 5.97 Å². The van der Waals surface area contributed by atoms with Crippen LogP contribution in [0.1, 0.15) is 48.9 Å². The van der Waals surface area contributed by atoms with Crippen molar-refractivity contribution in [2.24, 2.45) is 5.92 Å². The molecule has 1 aromatic rings. The maximum atomic E-state index is 11.9. The van der Waals surface area contributed by atoms with Crippen molar-refractivity contribution in [2.45, 2.75) is 38.5 Å². The highest BCUT2D eigenvalue weighted by atomic mass is 16.4. The Morgan fingerprint density at radius 1 is 1.30 bits per heavy atom. The number of hydrogen-bond acceptors (Lipinski definition) is 3. The second-order valence-corrected chi connectivity index (χ2v) is 5.35. The minimum Gasteiger partial charge on any atom is -0.478 e. The van der Waals surface area contributed by atoms with E-state index in [1.165, 1.54) is 43.9 Å². The first-order chi connectivity index (χ1) is 9.56. The quantitative estimate of drug-likeness (QED) is 0.721. The van der Waals surface area contributed by atoms with Gasteiger partial charge in [-0.15, -0.1) is 0 Å². The van der Waals surface area contributed by atoms with E-state index in [-0.39, 0.29) is 17.2 Å². The van der Waals surface area contributed by atoms with E-state index in [1.807, 2.05) is 0 Å². The summed E-state index contributed by atoms with van der Waals surface area (Å²) in [5, 5.41) is 11.7. The minimum absolute atomic E-state index is 0.0633. The van der Waals surface area contributed by atoms with E-state index in [4.69, 9.17) is 10.8 Å². The lowest BCUT2D eigenvalue weighted by Gasteiger charge is -2.11. The lowest BCUT2D eigenvalue weighted by Crippen LogP contribution is -2.15. The summed E-state index contributed by atoms with van der Waals surface area (Å²) in [5.74, 6) is -0.582. The largest absolute Gasteiger partial charge is 0.478 e. The van der Waals surface area contributed by atoms with Crippen LogP contribution in [0.2, 0.25) is 0 Å². The highest BCUT2D eigenvalue weighted by Crippen LogP contribution is 2.28. The lowest BCUT2D eigenvalue weighted by molar-refractivity contribution is -0.116. The van der Waals surface area contributed by atoms with Gasteiger partial charge < -0.3 is 16.2 Å². The zero-order valence-electron chi connectivity index (χ0n) is 11.4. The van der Waals surface area contributed by atoms with Gasteiger partial charge in [0.1, 0.15) is 0 Å². The van der Waals surface area contributed by atoms with Gasteiger partial charge in [-0.05, 0) is 30.5 Å². The summed E-state index contributed by atoms with van der Waals surface area (Å²) in [4.78, 5) is 23.0. The molecule has 1 aliphatic rings. The summed E-state index contributed by atoms with van der Waals surface area (Å²) in [5.41, 5.74) is 6.40. The fraction of sp³-hybridized carbons (Fsp3) is 0.467. The molecule has 0 unspecified atom stereocenters. The summed E-state index contributed by atoms with van der Waals surface area (Å²) in [6.07, 6.45) is 6.21. The van der Waals surface area contributed by atoms with Crippen molar-refractivity contribution in [3.63, 3.8) is 0 Å². The van der Waals surface area contributed by atoms with Crippen LogP contribution in [-0.4, -0.2) is 17.0 Å². The van der Waals surface area contributed by atoms with Gasteiger partial charge in [-0.25, -0.2) is 4.79 Å². The lowest BCUT2D eigenvalue weighted by atomic mass is 10.0. The van der Waals surface area contributed by atoms with Crippen LogP contribution in [0, 0.1) is 5.92 Å². The third-order valence-electron chi connectivity index (χ3n) is 3.80. The molecule has 1 amide bonds. The van der Waals surface area contributed by atoms with Gasteiger partial charge in [0.2, 0.25) is 5.91 Å². The number of nitrogen functional groups attached to an aromatic ring is 1. The van der Waals surface area contributed by atoms with Gasteiger partial charge in [-0.2, -0.15) is 0 Å². The van der Waals surface area contributed by atoms with E-state index in [0.717, 1.165) is 6.42 Å². The summed E-state index contributed by atoms with van der Waals surface area (Å²) < 4.78 is 0. The van der Waals surface area contributed by atoms with Gasteiger partial charge in [0, 0.05) is 12.1 Å². The van der Waals surface area contributed by atoms with Crippen LogP contribution in [0.3, 0.4) is 0 Å². The summed E-state index contributed by atoms with van der Waals surface area (Å²) >= 11 is 0. The highest BCUT2D eigenvalue weighted by Gasteiger charge is 2.17. The monoisotopic (exact) mass is 276 g/mol. The molecule has 0 atom stereocenters. The van der Waals surface area contributed by atoms with Crippen LogP contribution in [0.25, 0.3) is 0 Å². The van der Waals surface area contributed by atoms with Crippen molar-refractivity contribution in [3.8, 4) is 0 Å². The zero-order valence-corrected chi connectivity index (χ0v) is 11.4. The number of carbonyl (C=O) groups excluding carboxylic acids is 1. The summed E-state index contributed by atoms with van der Waals surface area (Å²) in [7, 11) is 0. The second kappa shape index (κ2) is 6.41. The van der Waals surface area contributed by atoms with Crippen molar-refractivity contribution in [2.75, 3.05) is 11.1 Å². The fourth-order valence-electron chi connectivity index (χ4n) is 2.70. The smallest absolute Gasteiger partial charge is 0.337 e. The Balaban J connectivity index is 1.96. The fourth-order valence-corrected chi connectivity index (χ4v) is 2.70. The molecule has 1 aromatic carbocycles. The molecule has 0 heterocycles. The molecule has 5 heteroatoms. The Labute approximate surface area is 118 Å². The number of nitrogens with two attached hydrogens (primary N) is 1. The average molecular weight is 276 g/mol. The molecule has 0 spiro atoms. The standard InChI is InChI=1S/C15H20N2O3/c16-11-6-7-12(15(19)20)13(9-11)17-14(18)8-5-10-3-1-2-4-10/h6-7,9-10H,1-5,8,16H2,(H,17,18)(H,19,20). The van der Waals surface area contributed by atoms with Crippen molar-refractivity contribution in [1.82, 2.24) is 0 Å². The average Bonchev–Trinajstić information content (AvgIpc) is 2.89. The number of carboxylic acid groups (broad SMARTS) is 1. The summed E-state index contributed by atoms with van der Waals surface area (Å²) in [6.45, 7) is 0. The van der Waals surface area contributed by atoms with Gasteiger partial charge in [-0.3, -0.25) is 4.79 Å². The molecular formula is C15H20N2O3. The van der Waals surface area contributed by atoms with E-state index in [1.54, 1.807) is 0 Å². The number of rotatable bonds is 5. The predicted molar refractivity (Wildman–Crippen MR) is 77.6 cm³/mol. The van der Waals surface area contributed by atoms with Gasteiger partial charge in [0.25, 0.3) is 0 Å². The Hall–Kier alpha value is -2.04. The molecule has 0 aliphatic heterocycles. The highest BCUT2D eigenvalue weighted by molar-refractivity contribution is 6.01. The third-order valence-corrected chi connectivity index (χ3v) is 3.80. The van der Waals surface area contributed by atoms with Crippen LogP contribution in [-0.2, 0) is 4.79 Å². The van der Waals surface area contributed by atoms with Crippen LogP contribution < -0.4 is 11.1 Å². The zero-order chi connectivity index (χ0) is 14.5. The van der Waals surface area contributed by atoms with Crippen molar-refractivity contribution in [1.29, 1.82) is 0 Å². The predicted octanol–water partition coefficient (Wildman–Crippen LogP) is 2.88. The Morgan fingerprint density at radius 2 is 2.00 bits per heavy atom. The second-order valence-electron chi connectivity index (χ2n) is 5.35. The van der Waals surface area contributed by atoms with E-state index in [9.17, 15) is 9.59 Å². The molecule has 4 N–H and O–H groups in total. The molecule has 20 heavy (non-hydrogen) atoms. The SMILES string of the molecule is Nc1ccc(C(=O)O)c(NC(=O)CCC2CCCC2)c1. The van der Waals surface area contributed by atoms with Crippen molar-refractivity contribution in [3.05, 3.63) is 23.8 Å². The van der Waals surface area contributed by atoms with Crippen LogP contribution in [0.4, 0.5) is 11.4 Å². The van der Waals surface area contributed by atoms with Gasteiger partial charge in [0.15, 0.2) is 0 Å².